The number of carbonyl (C=O) groups excluding carboxylic acids is 1. The summed E-state index contributed by atoms with van der Waals surface area (Å²) in [7, 11) is -3.99. The summed E-state index contributed by atoms with van der Waals surface area (Å²) in [6, 6.07) is 8.00. The highest BCUT2D eigenvalue weighted by Crippen LogP contribution is 2.61. The van der Waals surface area contributed by atoms with Gasteiger partial charge in [-0.15, -0.1) is 0 Å². The van der Waals surface area contributed by atoms with E-state index < -0.39 is 16.1 Å². The number of carboxylic acid groups (broad SMARTS) is 1. The molecule has 1 heterocycles. The Morgan fingerprint density at radius 2 is 1.90 bits per heavy atom. The van der Waals surface area contributed by atoms with E-state index in [0.717, 1.165) is 11.3 Å². The molecule has 2 atom stereocenters. The molecule has 0 radical (unpaired) electrons. The van der Waals surface area contributed by atoms with Crippen molar-refractivity contribution in [3.8, 4) is 0 Å². The summed E-state index contributed by atoms with van der Waals surface area (Å²) in [5.74, 6) is -0.892. The zero-order valence-corrected chi connectivity index (χ0v) is 18.5. The number of hydrogen-bond donors (Lipinski definition) is 2. The van der Waals surface area contributed by atoms with Crippen LogP contribution < -0.4 is 4.90 Å². The molecule has 3 rings (SSSR count). The first-order valence-corrected chi connectivity index (χ1v) is 12.1. The molecule has 0 aromatic heterocycles. The van der Waals surface area contributed by atoms with E-state index in [2.05, 4.69) is 24.8 Å². The minimum atomic E-state index is -3.99. The minimum absolute atomic E-state index is 0.0781. The van der Waals surface area contributed by atoms with Gasteiger partial charge in [0, 0.05) is 43.0 Å². The van der Waals surface area contributed by atoms with Crippen molar-refractivity contribution >= 4 is 27.6 Å². The average Bonchev–Trinajstić information content (AvgIpc) is 2.88. The van der Waals surface area contributed by atoms with Gasteiger partial charge in [-0.2, -0.15) is 8.42 Å². The molecule has 1 aliphatic carbocycles. The van der Waals surface area contributed by atoms with Gasteiger partial charge in [0.25, 0.3) is 10.1 Å². The Hall–Kier alpha value is -1.93. The largest absolute Gasteiger partial charge is 0.481 e. The third kappa shape index (κ3) is 4.25. The first-order valence-electron chi connectivity index (χ1n) is 10.5. The van der Waals surface area contributed by atoms with Crippen molar-refractivity contribution < 1.29 is 27.7 Å². The van der Waals surface area contributed by atoms with Crippen LogP contribution in [0.1, 0.15) is 64.4 Å². The van der Waals surface area contributed by atoms with E-state index in [0.29, 0.717) is 45.1 Å². The van der Waals surface area contributed by atoms with Gasteiger partial charge in [0.15, 0.2) is 0 Å². The molecule has 2 aliphatic rings. The van der Waals surface area contributed by atoms with E-state index in [1.54, 1.807) is 0 Å². The second-order valence-electron chi connectivity index (χ2n) is 9.24. The summed E-state index contributed by atoms with van der Waals surface area (Å²) < 4.78 is 31.1. The zero-order valence-electron chi connectivity index (χ0n) is 17.6. The number of anilines is 1. The summed E-state index contributed by atoms with van der Waals surface area (Å²) in [6.07, 6.45) is 3.09. The fourth-order valence-electron chi connectivity index (χ4n) is 5.75. The molecule has 166 valence electrons. The summed E-state index contributed by atoms with van der Waals surface area (Å²) in [6.45, 7) is 4.80. The van der Waals surface area contributed by atoms with Crippen LogP contribution in [0.2, 0.25) is 0 Å². The van der Waals surface area contributed by atoms with E-state index in [1.165, 1.54) is 0 Å². The van der Waals surface area contributed by atoms with Crippen molar-refractivity contribution in [2.24, 2.45) is 5.41 Å². The minimum Gasteiger partial charge on any atom is -0.481 e. The Morgan fingerprint density at radius 1 is 1.20 bits per heavy atom. The molecule has 30 heavy (non-hydrogen) atoms. The Labute approximate surface area is 178 Å². The lowest BCUT2D eigenvalue weighted by atomic mass is 9.52. The van der Waals surface area contributed by atoms with Crippen molar-refractivity contribution in [1.29, 1.82) is 0 Å². The van der Waals surface area contributed by atoms with E-state index in [1.807, 2.05) is 18.2 Å². The quantitative estimate of drug-likeness (QED) is 0.450. The molecule has 0 amide bonds. The lowest BCUT2D eigenvalue weighted by Gasteiger charge is -2.53. The molecular formula is C22H31NO6S. The second kappa shape index (κ2) is 8.30. The Kier molecular flexibility index (Phi) is 6.30. The van der Waals surface area contributed by atoms with Crippen LogP contribution in [-0.4, -0.2) is 48.2 Å². The standard InChI is InChI=1S/C22H31NO6S/c1-21(2)15-16(24)14-19-22(21,11-7-10-20(25)26)17-8-3-4-9-18(17)23(19)12-5-6-13-30(27,28)29/h3-4,8-9,19H,5-7,10-15H2,1-2H3,(H,25,26)(H,27,28,29). The van der Waals surface area contributed by atoms with Crippen molar-refractivity contribution in [3.05, 3.63) is 29.8 Å². The molecule has 0 bridgehead atoms. The number of ketones is 1. The maximum Gasteiger partial charge on any atom is 0.303 e. The predicted octanol–water partition coefficient (Wildman–Crippen LogP) is 3.43. The van der Waals surface area contributed by atoms with Gasteiger partial charge in [-0.25, -0.2) is 0 Å². The van der Waals surface area contributed by atoms with Gasteiger partial charge in [0.05, 0.1) is 5.75 Å². The lowest BCUT2D eigenvalue weighted by molar-refractivity contribution is -0.137. The topological polar surface area (TPSA) is 112 Å². The van der Waals surface area contributed by atoms with Crippen LogP contribution in [0.3, 0.4) is 0 Å². The van der Waals surface area contributed by atoms with Gasteiger partial charge < -0.3 is 10.0 Å². The number of benzene rings is 1. The molecule has 7 nitrogen and oxygen atoms in total. The maximum atomic E-state index is 12.7. The molecular weight excluding hydrogens is 406 g/mol. The highest BCUT2D eigenvalue weighted by Gasteiger charge is 2.61. The third-order valence-electron chi connectivity index (χ3n) is 6.92. The van der Waals surface area contributed by atoms with Crippen molar-refractivity contribution in [2.45, 2.75) is 70.3 Å². The van der Waals surface area contributed by atoms with E-state index in [9.17, 15) is 23.1 Å². The number of carbonyl (C=O) groups is 2. The smallest absolute Gasteiger partial charge is 0.303 e. The molecule has 1 aliphatic heterocycles. The van der Waals surface area contributed by atoms with Crippen LogP contribution in [0.15, 0.2) is 24.3 Å². The summed E-state index contributed by atoms with van der Waals surface area (Å²) in [5, 5.41) is 9.18. The Bertz CT molecular complexity index is 925. The normalized spacial score (nSPS) is 25.1. The first-order chi connectivity index (χ1) is 14.0. The number of unbranched alkanes of at least 4 members (excludes halogenated alkanes) is 1. The highest BCUT2D eigenvalue weighted by molar-refractivity contribution is 7.85. The number of rotatable bonds is 9. The third-order valence-corrected chi connectivity index (χ3v) is 7.72. The first kappa shape index (κ1) is 22.7. The number of hydrogen-bond acceptors (Lipinski definition) is 5. The van der Waals surface area contributed by atoms with Gasteiger partial charge in [0.1, 0.15) is 5.78 Å². The second-order valence-corrected chi connectivity index (χ2v) is 10.8. The summed E-state index contributed by atoms with van der Waals surface area (Å²) in [4.78, 5) is 26.1. The van der Waals surface area contributed by atoms with Crippen LogP contribution in [0.5, 0.6) is 0 Å². The van der Waals surface area contributed by atoms with Crippen molar-refractivity contribution in [2.75, 3.05) is 17.2 Å². The summed E-state index contributed by atoms with van der Waals surface area (Å²) in [5.41, 5.74) is 1.54. The fraction of sp³-hybridized carbons (Fsp3) is 0.636. The molecule has 0 saturated heterocycles. The van der Waals surface area contributed by atoms with Gasteiger partial charge in [0.2, 0.25) is 0 Å². The Morgan fingerprint density at radius 3 is 2.57 bits per heavy atom. The maximum absolute atomic E-state index is 12.7. The van der Waals surface area contributed by atoms with Crippen molar-refractivity contribution in [3.63, 3.8) is 0 Å². The van der Waals surface area contributed by atoms with Gasteiger partial charge in [-0.1, -0.05) is 32.0 Å². The number of para-hydroxylation sites is 1. The van der Waals surface area contributed by atoms with E-state index >= 15 is 0 Å². The van der Waals surface area contributed by atoms with Crippen LogP contribution >= 0.6 is 0 Å². The molecule has 1 fully saturated rings. The molecule has 2 unspecified atom stereocenters. The fourth-order valence-corrected chi connectivity index (χ4v) is 6.32. The van der Waals surface area contributed by atoms with E-state index in [4.69, 9.17) is 4.55 Å². The Balaban J connectivity index is 1.96. The number of aliphatic carboxylic acids is 1. The molecule has 8 heteroatoms. The van der Waals surface area contributed by atoms with Crippen LogP contribution in [0.25, 0.3) is 0 Å². The molecule has 1 aromatic rings. The van der Waals surface area contributed by atoms with Crippen LogP contribution in [-0.2, 0) is 25.1 Å². The number of Topliss-reactive ketones (excluding diaryl/α,β-unsaturated/α-hetero) is 1. The van der Waals surface area contributed by atoms with Gasteiger partial charge in [-0.3, -0.25) is 14.1 Å². The molecule has 1 aromatic carbocycles. The number of nitrogens with zero attached hydrogens (tertiary/aromatic N) is 1. The number of carboxylic acids is 1. The molecule has 2 N–H and O–H groups in total. The number of fused-ring (bicyclic) bond motifs is 3. The average molecular weight is 438 g/mol. The highest BCUT2D eigenvalue weighted by atomic mass is 32.2. The monoisotopic (exact) mass is 437 g/mol. The zero-order chi connectivity index (χ0) is 22.2. The lowest BCUT2D eigenvalue weighted by Crippen LogP contribution is -2.58. The van der Waals surface area contributed by atoms with Crippen LogP contribution in [0, 0.1) is 5.41 Å². The van der Waals surface area contributed by atoms with Crippen molar-refractivity contribution in [1.82, 2.24) is 0 Å². The van der Waals surface area contributed by atoms with E-state index in [-0.39, 0.29) is 34.8 Å². The van der Waals surface area contributed by atoms with Crippen LogP contribution in [0.4, 0.5) is 5.69 Å². The predicted molar refractivity (Wildman–Crippen MR) is 114 cm³/mol. The SMILES string of the molecule is CC1(C)CC(=O)CC2N(CCCCS(=O)(=O)O)c3ccccc3C21CCCC(=O)O. The van der Waals surface area contributed by atoms with Gasteiger partial charge in [-0.05, 0) is 42.7 Å². The van der Waals surface area contributed by atoms with Gasteiger partial charge >= 0.3 is 5.97 Å². The molecule has 0 spiro atoms. The summed E-state index contributed by atoms with van der Waals surface area (Å²) >= 11 is 0. The molecule has 1 saturated carbocycles.